The highest BCUT2D eigenvalue weighted by Crippen LogP contribution is 2.26. The maximum absolute atomic E-state index is 12.3. The van der Waals surface area contributed by atoms with Gasteiger partial charge in [0.05, 0.1) is 0 Å². The van der Waals surface area contributed by atoms with Crippen molar-refractivity contribution in [2.24, 2.45) is 0 Å². The Hall–Kier alpha value is -2.57. The van der Waals surface area contributed by atoms with Gasteiger partial charge >= 0.3 is 18.1 Å². The molecule has 0 bridgehead atoms. The lowest BCUT2D eigenvalue weighted by atomic mass is 9.98. The lowest BCUT2D eigenvalue weighted by Gasteiger charge is -2.17. The van der Waals surface area contributed by atoms with Crippen LogP contribution in [-0.4, -0.2) is 23.2 Å². The van der Waals surface area contributed by atoms with Gasteiger partial charge in [0.25, 0.3) is 0 Å². The van der Waals surface area contributed by atoms with Gasteiger partial charge in [-0.2, -0.15) is 13.2 Å². The van der Waals surface area contributed by atoms with Gasteiger partial charge in [-0.25, -0.2) is 4.79 Å². The zero-order valence-electron chi connectivity index (χ0n) is 10.5. The number of carbonyl (C=O) groups excluding carboxylic acids is 1. The van der Waals surface area contributed by atoms with Crippen LogP contribution in [0.1, 0.15) is 11.6 Å². The van der Waals surface area contributed by atoms with E-state index in [1.165, 1.54) is 17.4 Å². The summed E-state index contributed by atoms with van der Waals surface area (Å²) in [4.78, 5) is 22.2. The Labute approximate surface area is 117 Å². The van der Waals surface area contributed by atoms with Gasteiger partial charge in [0.1, 0.15) is 0 Å². The summed E-state index contributed by atoms with van der Waals surface area (Å²) in [5, 5.41) is 11.8. The van der Waals surface area contributed by atoms with E-state index in [9.17, 15) is 22.8 Å². The van der Waals surface area contributed by atoms with Crippen molar-refractivity contribution in [2.75, 3.05) is 0 Å². The quantitative estimate of drug-likeness (QED) is 0.915. The highest BCUT2D eigenvalue weighted by Gasteiger charge is 2.41. The van der Waals surface area contributed by atoms with Gasteiger partial charge in [-0.15, -0.1) is 0 Å². The van der Waals surface area contributed by atoms with Crippen molar-refractivity contribution >= 4 is 22.6 Å². The number of carboxylic acid groups (broad SMARTS) is 1. The Kier molecular flexibility index (Phi) is 3.84. The fraction of sp³-hybridized carbons (Fsp3) is 0.143. The third-order valence-corrected chi connectivity index (χ3v) is 2.91. The fourth-order valence-corrected chi connectivity index (χ4v) is 1.99. The second kappa shape index (κ2) is 5.43. The molecule has 0 aliphatic carbocycles. The number of rotatable bonds is 3. The Morgan fingerprint density at radius 3 is 2.29 bits per heavy atom. The van der Waals surface area contributed by atoms with Crippen LogP contribution in [0.2, 0.25) is 0 Å². The fourth-order valence-electron chi connectivity index (χ4n) is 1.99. The van der Waals surface area contributed by atoms with Crippen molar-refractivity contribution < 1.29 is 27.9 Å². The van der Waals surface area contributed by atoms with Crippen molar-refractivity contribution in [3.8, 4) is 0 Å². The minimum atomic E-state index is -5.14. The standard InChI is InChI=1S/C14H10F3NO3/c15-14(16,17)13(21)18-11(12(19)20)10-7-3-5-8-4-1-2-6-9(8)10/h1-7,11H,(H,18,21)(H,19,20). The van der Waals surface area contributed by atoms with Crippen molar-refractivity contribution in [1.82, 2.24) is 5.32 Å². The summed E-state index contributed by atoms with van der Waals surface area (Å²) in [6.45, 7) is 0. The molecule has 0 aromatic heterocycles. The van der Waals surface area contributed by atoms with E-state index in [2.05, 4.69) is 0 Å². The van der Waals surface area contributed by atoms with Crippen molar-refractivity contribution in [3.63, 3.8) is 0 Å². The van der Waals surface area contributed by atoms with Crippen molar-refractivity contribution in [2.45, 2.75) is 12.2 Å². The summed E-state index contributed by atoms with van der Waals surface area (Å²) < 4.78 is 36.9. The monoisotopic (exact) mass is 297 g/mol. The third-order valence-electron chi connectivity index (χ3n) is 2.91. The summed E-state index contributed by atoms with van der Waals surface area (Å²) in [5.41, 5.74) is 0.0956. The molecule has 0 radical (unpaired) electrons. The summed E-state index contributed by atoms with van der Waals surface area (Å²) in [5.74, 6) is -3.85. The van der Waals surface area contributed by atoms with E-state index in [1.54, 1.807) is 30.3 Å². The number of nitrogens with one attached hydrogen (secondary N) is 1. The molecular formula is C14H10F3NO3. The first-order valence-corrected chi connectivity index (χ1v) is 5.89. The molecule has 2 N–H and O–H groups in total. The maximum atomic E-state index is 12.3. The molecule has 0 fully saturated rings. The molecule has 0 saturated carbocycles. The number of amides is 1. The first kappa shape index (κ1) is 14.8. The van der Waals surface area contributed by atoms with Gasteiger partial charge in [-0.05, 0) is 16.3 Å². The number of carboxylic acids is 1. The number of benzene rings is 2. The number of alkyl halides is 3. The summed E-state index contributed by atoms with van der Waals surface area (Å²) in [7, 11) is 0. The highest BCUT2D eigenvalue weighted by atomic mass is 19.4. The second-order valence-corrected chi connectivity index (χ2v) is 4.31. The van der Waals surface area contributed by atoms with Crippen LogP contribution in [0.4, 0.5) is 13.2 Å². The smallest absolute Gasteiger partial charge is 0.471 e. The molecule has 0 aliphatic heterocycles. The number of carbonyl (C=O) groups is 2. The Balaban J connectivity index is 2.47. The van der Waals surface area contributed by atoms with E-state index in [4.69, 9.17) is 5.11 Å². The summed E-state index contributed by atoms with van der Waals surface area (Å²) in [6, 6.07) is 9.45. The molecule has 4 nitrogen and oxygen atoms in total. The first-order valence-electron chi connectivity index (χ1n) is 5.89. The first-order chi connectivity index (χ1) is 9.80. The van der Waals surface area contributed by atoms with Gasteiger partial charge in [-0.3, -0.25) is 4.79 Å². The van der Waals surface area contributed by atoms with Crippen LogP contribution in [0.5, 0.6) is 0 Å². The second-order valence-electron chi connectivity index (χ2n) is 4.31. The number of halogens is 3. The van der Waals surface area contributed by atoms with Crippen molar-refractivity contribution in [3.05, 3.63) is 48.0 Å². The van der Waals surface area contributed by atoms with E-state index in [0.717, 1.165) is 0 Å². The number of hydrogen-bond acceptors (Lipinski definition) is 2. The Morgan fingerprint density at radius 1 is 1.05 bits per heavy atom. The minimum Gasteiger partial charge on any atom is -0.479 e. The zero-order chi connectivity index (χ0) is 15.6. The lowest BCUT2D eigenvalue weighted by Crippen LogP contribution is -2.41. The van der Waals surface area contributed by atoms with E-state index < -0.39 is 24.1 Å². The highest BCUT2D eigenvalue weighted by molar-refractivity contribution is 5.93. The number of hydrogen-bond donors (Lipinski definition) is 2. The maximum Gasteiger partial charge on any atom is 0.471 e. The van der Waals surface area contributed by atoms with E-state index in [0.29, 0.717) is 10.8 Å². The molecule has 110 valence electrons. The molecule has 2 aromatic rings. The van der Waals surface area contributed by atoms with Crippen LogP contribution >= 0.6 is 0 Å². The predicted octanol–water partition coefficient (Wildman–Crippen LogP) is 2.64. The molecule has 1 unspecified atom stereocenters. The Morgan fingerprint density at radius 2 is 1.67 bits per heavy atom. The van der Waals surface area contributed by atoms with Crippen LogP contribution < -0.4 is 5.32 Å². The van der Waals surface area contributed by atoms with E-state index >= 15 is 0 Å². The molecule has 1 atom stereocenters. The van der Waals surface area contributed by atoms with Crippen LogP contribution in [0.25, 0.3) is 10.8 Å². The number of fused-ring (bicyclic) bond motifs is 1. The molecule has 1 amide bonds. The molecule has 2 rings (SSSR count). The van der Waals surface area contributed by atoms with Crippen LogP contribution in [0.15, 0.2) is 42.5 Å². The molecular weight excluding hydrogens is 287 g/mol. The van der Waals surface area contributed by atoms with Gasteiger partial charge in [0.2, 0.25) is 0 Å². The van der Waals surface area contributed by atoms with Gasteiger partial charge in [0, 0.05) is 0 Å². The van der Waals surface area contributed by atoms with Crippen LogP contribution in [0.3, 0.4) is 0 Å². The van der Waals surface area contributed by atoms with E-state index in [-0.39, 0.29) is 5.56 Å². The summed E-state index contributed by atoms with van der Waals surface area (Å²) >= 11 is 0. The van der Waals surface area contributed by atoms with Gasteiger partial charge in [-0.1, -0.05) is 42.5 Å². The van der Waals surface area contributed by atoms with E-state index in [1.807, 2.05) is 0 Å². The van der Waals surface area contributed by atoms with Crippen LogP contribution in [0, 0.1) is 0 Å². The molecule has 7 heteroatoms. The molecule has 0 heterocycles. The normalized spacial score (nSPS) is 12.9. The van der Waals surface area contributed by atoms with Crippen molar-refractivity contribution in [1.29, 1.82) is 0 Å². The molecule has 2 aromatic carbocycles. The average molecular weight is 297 g/mol. The number of aliphatic carboxylic acids is 1. The molecule has 0 aliphatic rings. The average Bonchev–Trinajstić information content (AvgIpc) is 2.42. The van der Waals surface area contributed by atoms with Crippen LogP contribution in [-0.2, 0) is 9.59 Å². The predicted molar refractivity (Wildman–Crippen MR) is 68.5 cm³/mol. The summed E-state index contributed by atoms with van der Waals surface area (Å²) in [6.07, 6.45) is -5.14. The van der Waals surface area contributed by atoms with Gasteiger partial charge < -0.3 is 10.4 Å². The van der Waals surface area contributed by atoms with Gasteiger partial charge in [0.15, 0.2) is 6.04 Å². The SMILES string of the molecule is O=C(O)C(NC(=O)C(F)(F)F)c1cccc2ccccc12. The largest absolute Gasteiger partial charge is 0.479 e. The topological polar surface area (TPSA) is 66.4 Å². The molecule has 21 heavy (non-hydrogen) atoms. The third kappa shape index (κ3) is 3.13. The minimum absolute atomic E-state index is 0.0956. The molecule has 0 saturated heterocycles. The molecule has 0 spiro atoms. The zero-order valence-corrected chi connectivity index (χ0v) is 10.5. The lowest BCUT2D eigenvalue weighted by molar-refractivity contribution is -0.175. The Bertz CT molecular complexity index is 692.